The van der Waals surface area contributed by atoms with Gasteiger partial charge in [-0.1, -0.05) is 18.2 Å². The van der Waals surface area contributed by atoms with Crippen LogP contribution in [0.25, 0.3) is 5.69 Å². The lowest BCUT2D eigenvalue weighted by Gasteiger charge is -2.19. The topological polar surface area (TPSA) is 67.2 Å². The van der Waals surface area contributed by atoms with Gasteiger partial charge in [-0.3, -0.25) is 9.59 Å². The fraction of sp³-hybridized carbons (Fsp3) is 0.190. The number of carbonyl (C=O) groups is 2. The van der Waals surface area contributed by atoms with Gasteiger partial charge in [0, 0.05) is 30.9 Å². The first kappa shape index (κ1) is 17.9. The van der Waals surface area contributed by atoms with E-state index in [0.717, 1.165) is 16.8 Å². The van der Waals surface area contributed by atoms with E-state index in [-0.39, 0.29) is 30.1 Å². The molecule has 1 aromatic heterocycles. The number of carbonyl (C=O) groups excluding carboxylic acids is 2. The lowest BCUT2D eigenvalue weighted by atomic mass is 10.0. The summed E-state index contributed by atoms with van der Waals surface area (Å²) in [5, 5.41) is 7.14. The molecule has 2 heterocycles. The Bertz CT molecular complexity index is 1030. The molecule has 1 aliphatic rings. The van der Waals surface area contributed by atoms with Crippen molar-refractivity contribution in [3.8, 4) is 5.69 Å². The second-order valence-corrected chi connectivity index (χ2v) is 6.84. The van der Waals surface area contributed by atoms with Gasteiger partial charge in [0.25, 0.3) is 5.91 Å². The molecule has 7 heteroatoms. The Morgan fingerprint density at radius 1 is 1.21 bits per heavy atom. The average Bonchev–Trinajstić information content (AvgIpc) is 3.28. The first-order valence-electron chi connectivity index (χ1n) is 8.94. The zero-order valence-corrected chi connectivity index (χ0v) is 15.3. The van der Waals surface area contributed by atoms with Gasteiger partial charge in [0.05, 0.1) is 24.3 Å². The monoisotopic (exact) mass is 378 g/mol. The molecule has 0 saturated carbocycles. The molecule has 2 amide bonds. The van der Waals surface area contributed by atoms with Gasteiger partial charge in [-0.15, -0.1) is 0 Å². The third-order valence-electron chi connectivity index (χ3n) is 4.84. The van der Waals surface area contributed by atoms with Crippen molar-refractivity contribution in [2.45, 2.75) is 19.0 Å². The maximum Gasteiger partial charge on any atom is 0.252 e. The summed E-state index contributed by atoms with van der Waals surface area (Å²) >= 11 is 0. The number of hydrogen-bond donors (Lipinski definition) is 1. The van der Waals surface area contributed by atoms with E-state index in [9.17, 15) is 14.0 Å². The van der Waals surface area contributed by atoms with Crippen molar-refractivity contribution in [2.75, 3.05) is 7.05 Å². The van der Waals surface area contributed by atoms with Gasteiger partial charge in [0.2, 0.25) is 5.91 Å². The first-order chi connectivity index (χ1) is 13.5. The highest BCUT2D eigenvalue weighted by molar-refractivity contribution is 5.99. The van der Waals surface area contributed by atoms with Gasteiger partial charge in [-0.25, -0.2) is 9.07 Å². The van der Waals surface area contributed by atoms with Crippen LogP contribution in [0.3, 0.4) is 0 Å². The lowest BCUT2D eigenvalue weighted by molar-refractivity contribution is -0.130. The minimum Gasteiger partial charge on any atom is -0.345 e. The summed E-state index contributed by atoms with van der Waals surface area (Å²) in [5.41, 5.74) is 3.09. The second-order valence-electron chi connectivity index (χ2n) is 6.84. The molecule has 0 bridgehead atoms. The molecule has 1 atom stereocenters. The summed E-state index contributed by atoms with van der Waals surface area (Å²) in [6, 6.07) is 13.0. The molecular formula is C21H19FN4O2. The number of aromatic nitrogens is 2. The summed E-state index contributed by atoms with van der Waals surface area (Å²) in [6.07, 6.45) is 3.69. The molecule has 0 radical (unpaired) electrons. The highest BCUT2D eigenvalue weighted by Gasteiger charge is 2.30. The van der Waals surface area contributed by atoms with Crippen LogP contribution in [0.1, 0.15) is 33.9 Å². The number of rotatable bonds is 5. The van der Waals surface area contributed by atoms with Gasteiger partial charge in [-0.2, -0.15) is 5.10 Å². The molecule has 0 fully saturated rings. The molecule has 0 saturated heterocycles. The molecule has 4 rings (SSSR count). The van der Waals surface area contributed by atoms with E-state index in [1.165, 1.54) is 12.1 Å². The summed E-state index contributed by atoms with van der Waals surface area (Å²) in [7, 11) is 1.72. The Labute approximate surface area is 161 Å². The van der Waals surface area contributed by atoms with Crippen molar-refractivity contribution < 1.29 is 14.0 Å². The number of halogens is 1. The predicted octanol–water partition coefficient (Wildman–Crippen LogP) is 2.84. The van der Waals surface area contributed by atoms with E-state index in [2.05, 4.69) is 10.4 Å². The molecule has 0 unspecified atom stereocenters. The fourth-order valence-electron chi connectivity index (χ4n) is 3.35. The normalized spacial score (nSPS) is 15.2. The minimum absolute atomic E-state index is 0.0727. The Hall–Kier alpha value is -3.48. The zero-order valence-electron chi connectivity index (χ0n) is 15.3. The maximum absolute atomic E-state index is 13.1. The third kappa shape index (κ3) is 3.51. The van der Waals surface area contributed by atoms with Crippen LogP contribution < -0.4 is 5.32 Å². The largest absolute Gasteiger partial charge is 0.345 e. The Balaban J connectivity index is 1.40. The molecule has 6 nitrogen and oxygen atoms in total. The highest BCUT2D eigenvalue weighted by atomic mass is 19.1. The van der Waals surface area contributed by atoms with Crippen LogP contribution in [-0.2, 0) is 11.3 Å². The van der Waals surface area contributed by atoms with E-state index in [4.69, 9.17) is 0 Å². The lowest BCUT2D eigenvalue weighted by Crippen LogP contribution is -2.30. The molecule has 142 valence electrons. The van der Waals surface area contributed by atoms with Gasteiger partial charge in [-0.05, 0) is 35.9 Å². The van der Waals surface area contributed by atoms with Gasteiger partial charge in [0.1, 0.15) is 5.82 Å². The van der Waals surface area contributed by atoms with Crippen molar-refractivity contribution in [2.24, 2.45) is 0 Å². The Morgan fingerprint density at radius 2 is 1.96 bits per heavy atom. The SMILES string of the molecule is CN(Cc1cnn(-c2ccc(F)cc2)c1)C(=O)C[C@H]1NC(=O)c2ccccc21. The van der Waals surface area contributed by atoms with Crippen LogP contribution >= 0.6 is 0 Å². The average molecular weight is 378 g/mol. The van der Waals surface area contributed by atoms with Gasteiger partial charge < -0.3 is 10.2 Å². The fourth-order valence-corrected chi connectivity index (χ4v) is 3.35. The van der Waals surface area contributed by atoms with Crippen LogP contribution in [0.5, 0.6) is 0 Å². The summed E-state index contributed by atoms with van der Waals surface area (Å²) in [6.45, 7) is 0.391. The summed E-state index contributed by atoms with van der Waals surface area (Å²) in [4.78, 5) is 26.3. The van der Waals surface area contributed by atoms with Gasteiger partial charge in [0.15, 0.2) is 0 Å². The number of nitrogens with one attached hydrogen (secondary N) is 1. The smallest absolute Gasteiger partial charge is 0.252 e. The Kier molecular flexibility index (Phi) is 4.65. The Morgan fingerprint density at radius 3 is 2.75 bits per heavy atom. The summed E-state index contributed by atoms with van der Waals surface area (Å²) in [5.74, 6) is -0.518. The van der Waals surface area contributed by atoms with Crippen molar-refractivity contribution in [3.05, 3.63) is 83.4 Å². The molecule has 1 N–H and O–H groups in total. The van der Waals surface area contributed by atoms with Crippen LogP contribution in [0.4, 0.5) is 4.39 Å². The highest BCUT2D eigenvalue weighted by Crippen LogP contribution is 2.28. The van der Waals surface area contributed by atoms with E-state index in [1.54, 1.807) is 41.0 Å². The zero-order chi connectivity index (χ0) is 19.7. The number of amides is 2. The van der Waals surface area contributed by atoms with Gasteiger partial charge >= 0.3 is 0 Å². The summed E-state index contributed by atoms with van der Waals surface area (Å²) < 4.78 is 14.7. The number of nitrogens with zero attached hydrogens (tertiary/aromatic N) is 3. The molecule has 1 aliphatic heterocycles. The molecular weight excluding hydrogens is 359 g/mol. The van der Waals surface area contributed by atoms with E-state index in [1.807, 2.05) is 24.4 Å². The van der Waals surface area contributed by atoms with E-state index >= 15 is 0 Å². The van der Waals surface area contributed by atoms with E-state index < -0.39 is 0 Å². The van der Waals surface area contributed by atoms with Crippen LogP contribution in [-0.4, -0.2) is 33.5 Å². The molecule has 0 aliphatic carbocycles. The van der Waals surface area contributed by atoms with Crippen molar-refractivity contribution >= 4 is 11.8 Å². The minimum atomic E-state index is -0.305. The van der Waals surface area contributed by atoms with E-state index in [0.29, 0.717) is 12.1 Å². The molecule has 0 spiro atoms. The quantitative estimate of drug-likeness (QED) is 0.742. The maximum atomic E-state index is 13.1. The number of benzene rings is 2. The first-order valence-corrected chi connectivity index (χ1v) is 8.94. The molecule has 28 heavy (non-hydrogen) atoms. The number of fused-ring (bicyclic) bond motifs is 1. The third-order valence-corrected chi connectivity index (χ3v) is 4.84. The van der Waals surface area contributed by atoms with Crippen LogP contribution in [0, 0.1) is 5.82 Å². The van der Waals surface area contributed by atoms with Crippen LogP contribution in [0.15, 0.2) is 60.9 Å². The molecule has 2 aromatic carbocycles. The van der Waals surface area contributed by atoms with Crippen molar-refractivity contribution in [3.63, 3.8) is 0 Å². The molecule has 3 aromatic rings. The standard InChI is InChI=1S/C21H19FN4O2/c1-25(12-14-11-23-26(13-14)16-8-6-15(22)7-9-16)20(27)10-19-17-4-2-3-5-18(17)21(28)24-19/h2-9,11,13,19H,10,12H2,1H3,(H,24,28)/t19-/m1/s1. The van der Waals surface area contributed by atoms with Crippen LogP contribution in [0.2, 0.25) is 0 Å². The number of hydrogen-bond acceptors (Lipinski definition) is 3. The van der Waals surface area contributed by atoms with Crippen molar-refractivity contribution in [1.82, 2.24) is 20.0 Å². The van der Waals surface area contributed by atoms with Crippen molar-refractivity contribution in [1.29, 1.82) is 0 Å². The predicted molar refractivity (Wildman–Crippen MR) is 101 cm³/mol. The second kappa shape index (κ2) is 7.26.